The zero-order valence-electron chi connectivity index (χ0n) is 9.82. The molecule has 0 fully saturated rings. The number of alkyl halides is 3. The number of benzene rings is 1. The Morgan fingerprint density at radius 3 is 2.32 bits per heavy atom. The van der Waals surface area contributed by atoms with Crippen molar-refractivity contribution in [2.45, 2.75) is 12.9 Å². The van der Waals surface area contributed by atoms with Gasteiger partial charge in [0, 0.05) is 24.5 Å². The third-order valence-corrected chi connectivity index (χ3v) is 2.45. The lowest BCUT2D eigenvalue weighted by molar-refractivity contribution is -0.274. The highest BCUT2D eigenvalue weighted by Gasteiger charge is 2.30. The standard InChI is InChI=1S/C13H11F3N2O/c14-13(15,16)19-12-3-1-10(2-4-12)11-5-9(6-17)7-18-8-11/h1-5,7-8H,6,17H2. The van der Waals surface area contributed by atoms with E-state index in [1.165, 1.54) is 12.1 Å². The molecule has 0 bridgehead atoms. The van der Waals surface area contributed by atoms with Gasteiger partial charge in [0.25, 0.3) is 0 Å². The Balaban J connectivity index is 2.22. The molecule has 0 amide bonds. The summed E-state index contributed by atoms with van der Waals surface area (Å²) in [5.74, 6) is -0.251. The quantitative estimate of drug-likeness (QED) is 0.930. The lowest BCUT2D eigenvalue weighted by Gasteiger charge is -2.09. The molecule has 0 atom stereocenters. The Bertz CT molecular complexity index is 553. The Kier molecular flexibility index (Phi) is 3.71. The maximum absolute atomic E-state index is 12.0. The lowest BCUT2D eigenvalue weighted by Crippen LogP contribution is -2.16. The van der Waals surface area contributed by atoms with Crippen molar-refractivity contribution in [1.82, 2.24) is 4.98 Å². The van der Waals surface area contributed by atoms with E-state index < -0.39 is 6.36 Å². The van der Waals surface area contributed by atoms with E-state index in [0.717, 1.165) is 16.7 Å². The number of hydrogen-bond donors (Lipinski definition) is 1. The summed E-state index contributed by atoms with van der Waals surface area (Å²) in [5, 5.41) is 0. The second-order valence-electron chi connectivity index (χ2n) is 3.86. The van der Waals surface area contributed by atoms with E-state index in [0.29, 0.717) is 6.54 Å². The van der Waals surface area contributed by atoms with Crippen LogP contribution >= 0.6 is 0 Å². The first-order valence-corrected chi connectivity index (χ1v) is 5.48. The summed E-state index contributed by atoms with van der Waals surface area (Å²) >= 11 is 0. The van der Waals surface area contributed by atoms with Crippen LogP contribution in [-0.4, -0.2) is 11.3 Å². The largest absolute Gasteiger partial charge is 0.573 e. The Labute approximate surface area is 107 Å². The van der Waals surface area contributed by atoms with Crippen molar-refractivity contribution in [2.75, 3.05) is 0 Å². The molecule has 0 spiro atoms. The van der Waals surface area contributed by atoms with E-state index in [4.69, 9.17) is 5.73 Å². The monoisotopic (exact) mass is 268 g/mol. The number of aromatic nitrogens is 1. The molecule has 100 valence electrons. The molecule has 0 saturated heterocycles. The second-order valence-corrected chi connectivity index (χ2v) is 3.86. The number of ether oxygens (including phenoxy) is 1. The molecule has 0 saturated carbocycles. The van der Waals surface area contributed by atoms with Crippen LogP contribution in [0.5, 0.6) is 5.75 Å². The van der Waals surface area contributed by atoms with Crippen molar-refractivity contribution in [3.63, 3.8) is 0 Å². The third-order valence-electron chi connectivity index (χ3n) is 2.45. The van der Waals surface area contributed by atoms with Gasteiger partial charge in [0.05, 0.1) is 0 Å². The maximum atomic E-state index is 12.0. The van der Waals surface area contributed by atoms with Crippen LogP contribution in [0.3, 0.4) is 0 Å². The van der Waals surface area contributed by atoms with Gasteiger partial charge in [0.15, 0.2) is 0 Å². The Morgan fingerprint density at radius 2 is 1.74 bits per heavy atom. The summed E-state index contributed by atoms with van der Waals surface area (Å²) < 4.78 is 39.9. The van der Waals surface area contributed by atoms with Crippen LogP contribution in [-0.2, 0) is 6.54 Å². The van der Waals surface area contributed by atoms with Gasteiger partial charge < -0.3 is 10.5 Å². The van der Waals surface area contributed by atoms with Gasteiger partial charge in [-0.2, -0.15) is 0 Å². The van der Waals surface area contributed by atoms with Gasteiger partial charge in [-0.1, -0.05) is 12.1 Å². The molecule has 1 aromatic carbocycles. The van der Waals surface area contributed by atoms with Crippen molar-refractivity contribution in [3.05, 3.63) is 48.3 Å². The van der Waals surface area contributed by atoms with Crippen LogP contribution in [0.2, 0.25) is 0 Å². The molecular weight excluding hydrogens is 257 g/mol. The average molecular weight is 268 g/mol. The third kappa shape index (κ3) is 3.69. The van der Waals surface area contributed by atoms with E-state index in [1.807, 2.05) is 6.07 Å². The molecule has 2 N–H and O–H groups in total. The van der Waals surface area contributed by atoms with Crippen LogP contribution < -0.4 is 10.5 Å². The number of nitrogens with two attached hydrogens (primary N) is 1. The molecule has 0 aliphatic rings. The summed E-state index contributed by atoms with van der Waals surface area (Å²) in [6.07, 6.45) is -1.41. The minimum Gasteiger partial charge on any atom is -0.406 e. The first-order chi connectivity index (χ1) is 8.98. The SMILES string of the molecule is NCc1cncc(-c2ccc(OC(F)(F)F)cc2)c1. The van der Waals surface area contributed by atoms with E-state index in [2.05, 4.69) is 9.72 Å². The molecule has 3 nitrogen and oxygen atoms in total. The van der Waals surface area contributed by atoms with Gasteiger partial charge in [-0.15, -0.1) is 13.2 Å². The van der Waals surface area contributed by atoms with Crippen LogP contribution in [0.4, 0.5) is 13.2 Å². The minimum atomic E-state index is -4.68. The molecule has 2 rings (SSSR count). The van der Waals surface area contributed by atoms with Crippen molar-refractivity contribution in [1.29, 1.82) is 0 Å². The predicted molar refractivity (Wildman–Crippen MR) is 64.2 cm³/mol. The summed E-state index contributed by atoms with van der Waals surface area (Å²) in [6.45, 7) is 0.357. The Hall–Kier alpha value is -2.08. The fourth-order valence-corrected chi connectivity index (χ4v) is 1.61. The molecule has 1 aromatic heterocycles. The highest BCUT2D eigenvalue weighted by atomic mass is 19.4. The predicted octanol–water partition coefficient (Wildman–Crippen LogP) is 3.11. The molecule has 0 radical (unpaired) electrons. The number of nitrogens with zero attached hydrogens (tertiary/aromatic N) is 1. The van der Waals surface area contributed by atoms with Gasteiger partial charge in [-0.05, 0) is 29.3 Å². The molecule has 2 aromatic rings. The summed E-state index contributed by atoms with van der Waals surface area (Å²) in [5.41, 5.74) is 7.90. The van der Waals surface area contributed by atoms with Gasteiger partial charge in [0.2, 0.25) is 0 Å². The van der Waals surface area contributed by atoms with Gasteiger partial charge in [-0.25, -0.2) is 0 Å². The van der Waals surface area contributed by atoms with E-state index >= 15 is 0 Å². The van der Waals surface area contributed by atoms with Crippen molar-refractivity contribution < 1.29 is 17.9 Å². The van der Waals surface area contributed by atoms with Crippen LogP contribution in [0.25, 0.3) is 11.1 Å². The number of hydrogen-bond acceptors (Lipinski definition) is 3. The molecule has 19 heavy (non-hydrogen) atoms. The highest BCUT2D eigenvalue weighted by molar-refractivity contribution is 5.63. The van der Waals surface area contributed by atoms with E-state index in [-0.39, 0.29) is 5.75 Å². The number of halogens is 3. The first-order valence-electron chi connectivity index (χ1n) is 5.48. The zero-order valence-corrected chi connectivity index (χ0v) is 9.82. The number of pyridine rings is 1. The topological polar surface area (TPSA) is 48.1 Å². The second kappa shape index (κ2) is 5.27. The first kappa shape index (κ1) is 13.4. The smallest absolute Gasteiger partial charge is 0.406 e. The summed E-state index contributed by atoms with van der Waals surface area (Å²) in [7, 11) is 0. The van der Waals surface area contributed by atoms with Gasteiger partial charge >= 0.3 is 6.36 Å². The average Bonchev–Trinajstić information content (AvgIpc) is 2.38. The lowest BCUT2D eigenvalue weighted by atomic mass is 10.1. The highest BCUT2D eigenvalue weighted by Crippen LogP contribution is 2.26. The normalized spacial score (nSPS) is 11.4. The van der Waals surface area contributed by atoms with E-state index in [9.17, 15) is 13.2 Å². The van der Waals surface area contributed by atoms with Gasteiger partial charge in [-0.3, -0.25) is 4.98 Å². The molecule has 6 heteroatoms. The fourth-order valence-electron chi connectivity index (χ4n) is 1.61. The van der Waals surface area contributed by atoms with Crippen LogP contribution in [0.15, 0.2) is 42.7 Å². The zero-order chi connectivity index (χ0) is 13.9. The van der Waals surface area contributed by atoms with Crippen molar-refractivity contribution in [2.24, 2.45) is 5.73 Å². The maximum Gasteiger partial charge on any atom is 0.573 e. The summed E-state index contributed by atoms with van der Waals surface area (Å²) in [4.78, 5) is 4.02. The van der Waals surface area contributed by atoms with Gasteiger partial charge in [0.1, 0.15) is 5.75 Å². The number of rotatable bonds is 3. The molecule has 0 aliphatic carbocycles. The van der Waals surface area contributed by atoms with Crippen molar-refractivity contribution in [3.8, 4) is 16.9 Å². The fraction of sp³-hybridized carbons (Fsp3) is 0.154. The molecule has 0 unspecified atom stereocenters. The summed E-state index contributed by atoms with van der Waals surface area (Å²) in [6, 6.07) is 7.44. The minimum absolute atomic E-state index is 0.251. The van der Waals surface area contributed by atoms with Crippen LogP contribution in [0.1, 0.15) is 5.56 Å². The van der Waals surface area contributed by atoms with Crippen LogP contribution in [0, 0.1) is 0 Å². The molecule has 0 aliphatic heterocycles. The van der Waals surface area contributed by atoms with Crippen molar-refractivity contribution >= 4 is 0 Å². The molecule has 1 heterocycles. The molecular formula is C13H11F3N2O. The Morgan fingerprint density at radius 1 is 1.05 bits per heavy atom. The van der Waals surface area contributed by atoms with E-state index in [1.54, 1.807) is 24.5 Å².